The van der Waals surface area contributed by atoms with Gasteiger partial charge in [0, 0.05) is 12.0 Å². The maximum Gasteiger partial charge on any atom is 0.0323 e. The van der Waals surface area contributed by atoms with E-state index in [1.807, 2.05) is 0 Å². The van der Waals surface area contributed by atoms with Crippen LogP contribution in [0, 0.1) is 11.8 Å². The molecule has 2 aromatic rings. The van der Waals surface area contributed by atoms with Crippen molar-refractivity contribution in [2.45, 2.75) is 32.1 Å². The summed E-state index contributed by atoms with van der Waals surface area (Å²) in [4.78, 5) is 0. The molecule has 0 bridgehead atoms. The molecular weight excluding hydrogens is 230 g/mol. The van der Waals surface area contributed by atoms with Crippen molar-refractivity contribution < 1.29 is 0 Å². The SMILES string of the molecule is NCCCCC#Cc1ccc2c3c(cccc13)CC2. The molecule has 96 valence electrons. The third-order valence-corrected chi connectivity index (χ3v) is 3.86. The van der Waals surface area contributed by atoms with Crippen LogP contribution in [0.2, 0.25) is 0 Å². The van der Waals surface area contributed by atoms with Crippen molar-refractivity contribution in [2.75, 3.05) is 6.54 Å². The number of rotatable bonds is 3. The number of hydrogen-bond acceptors (Lipinski definition) is 1. The average molecular weight is 249 g/mol. The minimum absolute atomic E-state index is 0.767. The van der Waals surface area contributed by atoms with E-state index in [4.69, 9.17) is 5.73 Å². The van der Waals surface area contributed by atoms with Crippen molar-refractivity contribution in [3.05, 3.63) is 47.0 Å². The van der Waals surface area contributed by atoms with Gasteiger partial charge in [-0.1, -0.05) is 36.1 Å². The van der Waals surface area contributed by atoms with Crippen LogP contribution in [0.15, 0.2) is 30.3 Å². The zero-order chi connectivity index (χ0) is 13.1. The second-order valence-corrected chi connectivity index (χ2v) is 5.16. The van der Waals surface area contributed by atoms with Gasteiger partial charge in [0.15, 0.2) is 0 Å². The molecule has 0 saturated carbocycles. The normalized spacial score (nSPS) is 12.5. The summed E-state index contributed by atoms with van der Waals surface area (Å²) in [6.45, 7) is 0.767. The van der Waals surface area contributed by atoms with E-state index in [2.05, 4.69) is 42.2 Å². The standard InChI is InChI=1S/C18H19N/c19-13-4-2-1-3-6-14-9-10-16-12-11-15-7-5-8-17(14)18(15)16/h5,7-10H,1-2,4,11-13,19H2. The van der Waals surface area contributed by atoms with E-state index < -0.39 is 0 Å². The summed E-state index contributed by atoms with van der Waals surface area (Å²) < 4.78 is 0. The molecule has 0 radical (unpaired) electrons. The van der Waals surface area contributed by atoms with Crippen molar-refractivity contribution in [1.29, 1.82) is 0 Å². The summed E-state index contributed by atoms with van der Waals surface area (Å²) in [7, 11) is 0. The summed E-state index contributed by atoms with van der Waals surface area (Å²) in [5.41, 5.74) is 9.64. The summed E-state index contributed by atoms with van der Waals surface area (Å²) >= 11 is 0. The Hall–Kier alpha value is -1.78. The van der Waals surface area contributed by atoms with Crippen molar-refractivity contribution in [3.63, 3.8) is 0 Å². The molecule has 3 rings (SSSR count). The molecule has 0 spiro atoms. The topological polar surface area (TPSA) is 26.0 Å². The molecule has 19 heavy (non-hydrogen) atoms. The van der Waals surface area contributed by atoms with Gasteiger partial charge in [0.2, 0.25) is 0 Å². The Morgan fingerprint density at radius 2 is 1.84 bits per heavy atom. The van der Waals surface area contributed by atoms with Gasteiger partial charge < -0.3 is 5.73 Å². The van der Waals surface area contributed by atoms with Crippen LogP contribution < -0.4 is 5.73 Å². The van der Waals surface area contributed by atoms with E-state index in [1.165, 1.54) is 40.3 Å². The predicted molar refractivity (Wildman–Crippen MR) is 81.1 cm³/mol. The van der Waals surface area contributed by atoms with Gasteiger partial charge in [0.05, 0.1) is 0 Å². The van der Waals surface area contributed by atoms with Crippen molar-refractivity contribution >= 4 is 10.8 Å². The Morgan fingerprint density at radius 3 is 2.68 bits per heavy atom. The van der Waals surface area contributed by atoms with E-state index in [0.717, 1.165) is 25.8 Å². The van der Waals surface area contributed by atoms with Crippen LogP contribution in [0.1, 0.15) is 36.0 Å². The number of aryl methyl sites for hydroxylation is 2. The fraction of sp³-hybridized carbons (Fsp3) is 0.333. The molecule has 1 aliphatic carbocycles. The molecule has 0 atom stereocenters. The first-order valence-corrected chi connectivity index (χ1v) is 7.12. The van der Waals surface area contributed by atoms with Crippen molar-refractivity contribution in [2.24, 2.45) is 5.73 Å². The molecular formula is C18H19N. The Morgan fingerprint density at radius 1 is 1.00 bits per heavy atom. The molecule has 0 aromatic heterocycles. The molecule has 0 fully saturated rings. The minimum atomic E-state index is 0.767. The summed E-state index contributed by atoms with van der Waals surface area (Å²) in [6, 6.07) is 11.0. The molecule has 0 unspecified atom stereocenters. The first kappa shape index (κ1) is 12.3. The quantitative estimate of drug-likeness (QED) is 0.654. The third-order valence-electron chi connectivity index (χ3n) is 3.86. The fourth-order valence-electron chi connectivity index (χ4n) is 2.87. The highest BCUT2D eigenvalue weighted by Crippen LogP contribution is 2.32. The van der Waals surface area contributed by atoms with Crippen LogP contribution in [0.25, 0.3) is 10.8 Å². The van der Waals surface area contributed by atoms with Gasteiger partial charge >= 0.3 is 0 Å². The van der Waals surface area contributed by atoms with Gasteiger partial charge in [-0.15, -0.1) is 0 Å². The third kappa shape index (κ3) is 2.37. The van der Waals surface area contributed by atoms with Crippen LogP contribution in [0.4, 0.5) is 0 Å². The number of hydrogen-bond donors (Lipinski definition) is 1. The van der Waals surface area contributed by atoms with E-state index in [0.29, 0.717) is 0 Å². The van der Waals surface area contributed by atoms with Gasteiger partial charge in [0.1, 0.15) is 0 Å². The number of unbranched alkanes of at least 4 members (excludes halogenated alkanes) is 2. The Labute approximate surface area is 114 Å². The lowest BCUT2D eigenvalue weighted by Gasteiger charge is -2.04. The zero-order valence-electron chi connectivity index (χ0n) is 11.2. The predicted octanol–water partition coefficient (Wildman–Crippen LogP) is 3.42. The highest BCUT2D eigenvalue weighted by atomic mass is 14.5. The molecule has 1 nitrogen and oxygen atoms in total. The highest BCUT2D eigenvalue weighted by Gasteiger charge is 2.14. The lowest BCUT2D eigenvalue weighted by atomic mass is 10.00. The van der Waals surface area contributed by atoms with E-state index in [-0.39, 0.29) is 0 Å². The van der Waals surface area contributed by atoms with Gasteiger partial charge in [-0.05, 0) is 60.2 Å². The van der Waals surface area contributed by atoms with Crippen LogP contribution in [-0.2, 0) is 12.8 Å². The minimum Gasteiger partial charge on any atom is -0.330 e. The summed E-state index contributed by atoms with van der Waals surface area (Å²) in [5, 5.41) is 2.79. The van der Waals surface area contributed by atoms with E-state index >= 15 is 0 Å². The Bertz CT molecular complexity index is 648. The van der Waals surface area contributed by atoms with Crippen molar-refractivity contribution in [3.8, 4) is 11.8 Å². The fourth-order valence-corrected chi connectivity index (χ4v) is 2.87. The first-order valence-electron chi connectivity index (χ1n) is 7.12. The van der Waals surface area contributed by atoms with Gasteiger partial charge in [-0.3, -0.25) is 0 Å². The van der Waals surface area contributed by atoms with Crippen molar-refractivity contribution in [1.82, 2.24) is 0 Å². The second kappa shape index (κ2) is 5.47. The zero-order valence-corrected chi connectivity index (χ0v) is 11.2. The molecule has 1 aliphatic rings. The maximum atomic E-state index is 5.49. The van der Waals surface area contributed by atoms with Gasteiger partial charge in [-0.2, -0.15) is 0 Å². The van der Waals surface area contributed by atoms with Crippen LogP contribution in [0.3, 0.4) is 0 Å². The smallest absolute Gasteiger partial charge is 0.0323 e. The monoisotopic (exact) mass is 249 g/mol. The first-order chi connectivity index (χ1) is 9.40. The van der Waals surface area contributed by atoms with Crippen LogP contribution >= 0.6 is 0 Å². The average Bonchev–Trinajstić information content (AvgIpc) is 2.86. The number of benzene rings is 2. The number of nitrogens with two attached hydrogens (primary N) is 1. The summed E-state index contributed by atoms with van der Waals surface area (Å²) in [5.74, 6) is 6.62. The molecule has 0 amide bonds. The Balaban J connectivity index is 1.93. The van der Waals surface area contributed by atoms with E-state index in [9.17, 15) is 0 Å². The summed E-state index contributed by atoms with van der Waals surface area (Å²) in [6.07, 6.45) is 5.48. The molecule has 2 aromatic carbocycles. The molecule has 0 heterocycles. The maximum absolute atomic E-state index is 5.49. The van der Waals surface area contributed by atoms with Gasteiger partial charge in [-0.25, -0.2) is 0 Å². The second-order valence-electron chi connectivity index (χ2n) is 5.16. The largest absolute Gasteiger partial charge is 0.330 e. The molecule has 2 N–H and O–H groups in total. The lowest BCUT2D eigenvalue weighted by molar-refractivity contribution is 0.768. The van der Waals surface area contributed by atoms with Gasteiger partial charge in [0.25, 0.3) is 0 Å². The highest BCUT2D eigenvalue weighted by molar-refractivity contribution is 5.94. The molecule has 0 saturated heterocycles. The lowest BCUT2D eigenvalue weighted by Crippen LogP contribution is -1.96. The Kier molecular flexibility index (Phi) is 3.53. The van der Waals surface area contributed by atoms with E-state index in [1.54, 1.807) is 0 Å². The molecule has 0 aliphatic heterocycles. The molecule has 1 heteroatoms. The van der Waals surface area contributed by atoms with Crippen LogP contribution in [-0.4, -0.2) is 6.54 Å². The van der Waals surface area contributed by atoms with Crippen LogP contribution in [0.5, 0.6) is 0 Å².